The lowest BCUT2D eigenvalue weighted by molar-refractivity contribution is -0.0276. The van der Waals surface area contributed by atoms with Crippen molar-refractivity contribution >= 4 is 0 Å². The molecule has 2 N–H and O–H groups in total. The van der Waals surface area contributed by atoms with Gasteiger partial charge in [0.25, 0.3) is 5.92 Å². The quantitative estimate of drug-likeness (QED) is 0.722. The zero-order chi connectivity index (χ0) is 10.6. The van der Waals surface area contributed by atoms with Crippen molar-refractivity contribution in [1.29, 1.82) is 0 Å². The molecule has 0 aliphatic carbocycles. The summed E-state index contributed by atoms with van der Waals surface area (Å²) in [4.78, 5) is 1.59. The maximum atomic E-state index is 12.9. The first kappa shape index (κ1) is 11.8. The Morgan fingerprint density at radius 3 is 2.79 bits per heavy atom. The van der Waals surface area contributed by atoms with Crippen molar-refractivity contribution in [2.75, 3.05) is 33.3 Å². The van der Waals surface area contributed by atoms with Crippen molar-refractivity contribution in [3.05, 3.63) is 0 Å². The van der Waals surface area contributed by atoms with Gasteiger partial charge in [0.15, 0.2) is 0 Å². The molecule has 1 atom stereocenters. The first-order valence-corrected chi connectivity index (χ1v) is 4.91. The van der Waals surface area contributed by atoms with Crippen molar-refractivity contribution in [2.24, 2.45) is 5.73 Å². The maximum absolute atomic E-state index is 12.9. The molecule has 3 nitrogen and oxygen atoms in total. The molecule has 1 fully saturated rings. The van der Waals surface area contributed by atoms with Crippen molar-refractivity contribution in [1.82, 2.24) is 4.90 Å². The molecule has 1 saturated heterocycles. The number of hydrogen-bond donors (Lipinski definition) is 1. The molecule has 0 aromatic rings. The third-order valence-corrected chi connectivity index (χ3v) is 2.34. The van der Waals surface area contributed by atoms with Crippen LogP contribution in [0.2, 0.25) is 0 Å². The molecule has 1 aliphatic heterocycles. The van der Waals surface area contributed by atoms with E-state index in [1.54, 1.807) is 11.9 Å². The number of alkyl halides is 2. The summed E-state index contributed by atoms with van der Waals surface area (Å²) in [5.74, 6) is -2.78. The molecule has 0 aromatic carbocycles. The van der Waals surface area contributed by atoms with Crippen LogP contribution < -0.4 is 5.73 Å². The first-order chi connectivity index (χ1) is 6.53. The number of nitrogens with two attached hydrogens (primary N) is 1. The minimum Gasteiger partial charge on any atom is -0.377 e. The Balaban J connectivity index is 2.23. The van der Waals surface area contributed by atoms with Crippen molar-refractivity contribution in [3.63, 3.8) is 0 Å². The summed E-state index contributed by atoms with van der Waals surface area (Å²) >= 11 is 0. The molecule has 0 bridgehead atoms. The first-order valence-electron chi connectivity index (χ1n) is 4.91. The van der Waals surface area contributed by atoms with Crippen molar-refractivity contribution in [3.8, 4) is 0 Å². The second-order valence-electron chi connectivity index (χ2n) is 3.89. The number of halogens is 2. The zero-order valence-corrected chi connectivity index (χ0v) is 8.51. The van der Waals surface area contributed by atoms with Crippen molar-refractivity contribution < 1.29 is 13.5 Å². The van der Waals surface area contributed by atoms with Gasteiger partial charge in [-0.3, -0.25) is 4.90 Å². The van der Waals surface area contributed by atoms with E-state index in [9.17, 15) is 8.78 Å². The van der Waals surface area contributed by atoms with Gasteiger partial charge in [0.05, 0.1) is 19.2 Å². The van der Waals surface area contributed by atoms with E-state index in [0.717, 1.165) is 19.4 Å². The fraction of sp³-hybridized carbons (Fsp3) is 1.00. The minimum absolute atomic E-state index is 0.119. The molecule has 5 heteroatoms. The Morgan fingerprint density at radius 1 is 1.57 bits per heavy atom. The second-order valence-corrected chi connectivity index (χ2v) is 3.89. The highest BCUT2D eigenvalue weighted by molar-refractivity contribution is 4.75. The standard InChI is InChI=1S/C9H18F2N2O/c1-13(7-9(10,11)6-12)5-8-3-2-4-14-8/h8H,2-7,12H2,1H3. The molecular weight excluding hydrogens is 190 g/mol. The third-order valence-electron chi connectivity index (χ3n) is 2.34. The topological polar surface area (TPSA) is 38.5 Å². The summed E-state index contributed by atoms with van der Waals surface area (Å²) in [6, 6.07) is 0. The van der Waals surface area contributed by atoms with Gasteiger partial charge in [0.1, 0.15) is 0 Å². The Bertz CT molecular complexity index is 172. The maximum Gasteiger partial charge on any atom is 0.272 e. The summed E-state index contributed by atoms with van der Waals surface area (Å²) in [5, 5.41) is 0. The number of nitrogens with zero attached hydrogens (tertiary/aromatic N) is 1. The fourth-order valence-corrected chi connectivity index (χ4v) is 1.66. The van der Waals surface area contributed by atoms with Crippen LogP contribution in [0.4, 0.5) is 8.78 Å². The Labute approximate surface area is 83.2 Å². The van der Waals surface area contributed by atoms with E-state index >= 15 is 0 Å². The van der Waals surface area contributed by atoms with E-state index < -0.39 is 12.5 Å². The van der Waals surface area contributed by atoms with Crippen LogP contribution in [0, 0.1) is 0 Å². The summed E-state index contributed by atoms with van der Waals surface area (Å²) in [6.07, 6.45) is 2.12. The van der Waals surface area contributed by atoms with Crippen molar-refractivity contribution in [2.45, 2.75) is 24.9 Å². The van der Waals surface area contributed by atoms with Gasteiger partial charge in [0.2, 0.25) is 0 Å². The largest absolute Gasteiger partial charge is 0.377 e. The van der Waals surface area contributed by atoms with Crippen LogP contribution >= 0.6 is 0 Å². The fourth-order valence-electron chi connectivity index (χ4n) is 1.66. The van der Waals surface area contributed by atoms with Gasteiger partial charge < -0.3 is 10.5 Å². The van der Waals surface area contributed by atoms with E-state index in [-0.39, 0.29) is 12.6 Å². The zero-order valence-electron chi connectivity index (χ0n) is 8.51. The van der Waals surface area contributed by atoms with Crippen LogP contribution in [-0.2, 0) is 4.74 Å². The van der Waals surface area contributed by atoms with Crippen LogP contribution in [0.15, 0.2) is 0 Å². The molecule has 84 valence electrons. The van der Waals surface area contributed by atoms with E-state index in [0.29, 0.717) is 6.54 Å². The third kappa shape index (κ3) is 3.86. The molecule has 0 radical (unpaired) electrons. The van der Waals surface area contributed by atoms with E-state index in [1.165, 1.54) is 0 Å². The average molecular weight is 208 g/mol. The molecule has 0 spiro atoms. The number of likely N-dealkylation sites (N-methyl/N-ethyl adjacent to an activating group) is 1. The lowest BCUT2D eigenvalue weighted by Gasteiger charge is -2.24. The van der Waals surface area contributed by atoms with Gasteiger partial charge in [-0.1, -0.05) is 0 Å². The normalized spacial score (nSPS) is 23.4. The lowest BCUT2D eigenvalue weighted by Crippen LogP contribution is -2.42. The molecular formula is C9H18F2N2O. The van der Waals surface area contributed by atoms with Crippen LogP contribution in [0.5, 0.6) is 0 Å². The molecule has 1 heterocycles. The Hall–Kier alpha value is -0.260. The minimum atomic E-state index is -2.78. The molecule has 14 heavy (non-hydrogen) atoms. The molecule has 0 aromatic heterocycles. The SMILES string of the molecule is CN(CC1CCCO1)CC(F)(F)CN. The van der Waals surface area contributed by atoms with Gasteiger partial charge >= 0.3 is 0 Å². The van der Waals surface area contributed by atoms with Gasteiger partial charge in [-0.05, 0) is 19.9 Å². The highest BCUT2D eigenvalue weighted by atomic mass is 19.3. The summed E-state index contributed by atoms with van der Waals surface area (Å²) < 4.78 is 31.1. The summed E-state index contributed by atoms with van der Waals surface area (Å²) in [5.41, 5.74) is 4.95. The second kappa shape index (κ2) is 5.00. The van der Waals surface area contributed by atoms with E-state index in [4.69, 9.17) is 10.5 Å². The van der Waals surface area contributed by atoms with E-state index in [2.05, 4.69) is 0 Å². The van der Waals surface area contributed by atoms with E-state index in [1.807, 2.05) is 0 Å². The lowest BCUT2D eigenvalue weighted by atomic mass is 10.2. The predicted molar refractivity (Wildman–Crippen MR) is 50.5 cm³/mol. The molecule has 0 saturated carbocycles. The van der Waals surface area contributed by atoms with Gasteiger partial charge in [-0.2, -0.15) is 0 Å². The van der Waals surface area contributed by atoms with Gasteiger partial charge in [-0.25, -0.2) is 8.78 Å². The smallest absolute Gasteiger partial charge is 0.272 e. The highest BCUT2D eigenvalue weighted by Crippen LogP contribution is 2.16. The summed E-state index contributed by atoms with van der Waals surface area (Å²) in [7, 11) is 1.67. The summed E-state index contributed by atoms with van der Waals surface area (Å²) in [6.45, 7) is 0.438. The van der Waals surface area contributed by atoms with Crippen LogP contribution in [0.25, 0.3) is 0 Å². The van der Waals surface area contributed by atoms with Crippen LogP contribution in [0.1, 0.15) is 12.8 Å². The van der Waals surface area contributed by atoms with Gasteiger partial charge in [-0.15, -0.1) is 0 Å². The monoisotopic (exact) mass is 208 g/mol. The predicted octanol–water partition coefficient (Wildman–Crippen LogP) is 0.691. The molecule has 0 amide bonds. The van der Waals surface area contributed by atoms with Crippen LogP contribution in [0.3, 0.4) is 0 Å². The average Bonchev–Trinajstić information content (AvgIpc) is 2.55. The molecule has 1 rings (SSSR count). The van der Waals surface area contributed by atoms with Crippen LogP contribution in [-0.4, -0.2) is 50.2 Å². The van der Waals surface area contributed by atoms with Gasteiger partial charge in [0, 0.05) is 13.2 Å². The number of ether oxygens (including phenoxy) is 1. The number of hydrogen-bond acceptors (Lipinski definition) is 3. The number of rotatable bonds is 5. The Kier molecular flexibility index (Phi) is 4.22. The highest BCUT2D eigenvalue weighted by Gasteiger charge is 2.29. The Morgan fingerprint density at radius 2 is 2.29 bits per heavy atom. The molecule has 1 aliphatic rings. The molecule has 1 unspecified atom stereocenters.